The molecular weight excluding hydrogens is 736 g/mol. The summed E-state index contributed by atoms with van der Waals surface area (Å²) in [6.45, 7) is -0.667. The second-order valence-corrected chi connectivity index (χ2v) is 12.0. The number of imide groups is 1. The molecule has 2 aliphatic heterocycles. The van der Waals surface area contributed by atoms with Crippen molar-refractivity contribution in [2.24, 2.45) is 0 Å². The monoisotopic (exact) mass is 762 g/mol. The van der Waals surface area contributed by atoms with Crippen LogP contribution in [0.15, 0.2) is 36.7 Å². The number of halogens is 4. The lowest BCUT2D eigenvalue weighted by atomic mass is 9.72. The Balaban J connectivity index is 1.28. The lowest BCUT2D eigenvalue weighted by Crippen LogP contribution is -2.60. The number of pyridine rings is 1. The quantitative estimate of drug-likeness (QED) is 0.0651. The Hall–Kier alpha value is -6.09. The molecule has 1 aromatic heterocycles. The number of aromatic hydroxyl groups is 2. The number of rotatable bonds is 10. The Kier molecular flexibility index (Phi) is 11.3. The zero-order valence-corrected chi connectivity index (χ0v) is 27.7. The highest BCUT2D eigenvalue weighted by atomic mass is 35.5. The molecule has 2 aromatic carbocycles. The summed E-state index contributed by atoms with van der Waals surface area (Å²) in [6.07, 6.45) is 1.89. The van der Waals surface area contributed by atoms with Gasteiger partial charge in [0.1, 0.15) is 23.2 Å². The van der Waals surface area contributed by atoms with Crippen LogP contribution in [-0.2, 0) is 20.8 Å². The van der Waals surface area contributed by atoms with Gasteiger partial charge in [0.15, 0.2) is 23.1 Å². The smallest absolute Gasteiger partial charge is 0.534 e. The molecule has 1 fully saturated rings. The highest BCUT2D eigenvalue weighted by Gasteiger charge is 2.42. The van der Waals surface area contributed by atoms with Crippen LogP contribution in [0.1, 0.15) is 44.3 Å². The van der Waals surface area contributed by atoms with E-state index in [1.165, 1.54) is 12.3 Å². The Bertz CT molecular complexity index is 2030. The number of fused-ring (bicyclic) bond motifs is 1. The van der Waals surface area contributed by atoms with E-state index >= 15 is 0 Å². The fourth-order valence-electron chi connectivity index (χ4n) is 5.55. The maximum atomic E-state index is 14.6. The molecule has 53 heavy (non-hydrogen) atoms. The van der Waals surface area contributed by atoms with Crippen LogP contribution in [0.2, 0.25) is 5.02 Å². The number of phenolic OH excluding ortho intramolecular Hbond substituents is 2. The number of piperazine rings is 1. The third kappa shape index (κ3) is 7.89. The highest BCUT2D eigenvalue weighted by molar-refractivity contribution is 6.47. The van der Waals surface area contributed by atoms with Crippen LogP contribution in [0, 0.1) is 17.5 Å². The van der Waals surface area contributed by atoms with Gasteiger partial charge >= 0.3 is 30.9 Å². The van der Waals surface area contributed by atoms with Crippen molar-refractivity contribution in [3.05, 3.63) is 81.4 Å². The summed E-state index contributed by atoms with van der Waals surface area (Å²) in [5.74, 6) is -14.0. The van der Waals surface area contributed by atoms with Crippen LogP contribution in [0.25, 0.3) is 0 Å². The molecule has 2 aliphatic rings. The lowest BCUT2D eigenvalue weighted by molar-refractivity contribution is -0.153. The molecule has 3 aromatic rings. The molecule has 1 unspecified atom stereocenters. The Morgan fingerprint density at radius 1 is 1.04 bits per heavy atom. The zero-order valence-electron chi connectivity index (χ0n) is 26.9. The molecule has 22 heteroatoms. The van der Waals surface area contributed by atoms with Gasteiger partial charge in [-0.05, 0) is 36.6 Å². The van der Waals surface area contributed by atoms with Gasteiger partial charge in [0.05, 0.1) is 22.7 Å². The second-order valence-electron chi connectivity index (χ2n) is 11.6. The average Bonchev–Trinajstić information content (AvgIpc) is 3.11. The summed E-state index contributed by atoms with van der Waals surface area (Å²) in [6, 6.07) is 0.213. The van der Waals surface area contributed by atoms with Crippen molar-refractivity contribution >= 4 is 54.3 Å². The molecule has 3 heterocycles. The van der Waals surface area contributed by atoms with Crippen molar-refractivity contribution in [1.29, 1.82) is 0 Å². The Morgan fingerprint density at radius 2 is 1.77 bits per heavy atom. The number of carboxylic acid groups (broad SMARTS) is 1. The molecule has 0 spiro atoms. The van der Waals surface area contributed by atoms with E-state index in [9.17, 15) is 62.3 Å². The van der Waals surface area contributed by atoms with Gasteiger partial charge in [-0.25, -0.2) is 22.8 Å². The number of aromatic nitrogens is 1. The number of carbonyl (C=O) groups is 6. The summed E-state index contributed by atoms with van der Waals surface area (Å²) >= 11 is 6.11. The van der Waals surface area contributed by atoms with Crippen molar-refractivity contribution in [2.45, 2.75) is 24.8 Å². The zero-order chi connectivity index (χ0) is 38.7. The SMILES string of the molecule is O=C(NCCCN1CCN(C(=O)NC(C(=O)N[C@H]2Cc3ccc(F)c(C(=O)O)c3OB2O)c2cc(F)c(O)c(O)c2Cl)C(=O)C1=O)c1ccncc1F. The molecular formula is C31H27BClF3N6O11. The highest BCUT2D eigenvalue weighted by Crippen LogP contribution is 2.40. The predicted molar refractivity (Wildman–Crippen MR) is 173 cm³/mol. The van der Waals surface area contributed by atoms with E-state index in [-0.39, 0.29) is 43.6 Å². The average molecular weight is 763 g/mol. The van der Waals surface area contributed by atoms with Gasteiger partial charge < -0.3 is 45.8 Å². The van der Waals surface area contributed by atoms with E-state index in [1.54, 1.807) is 0 Å². The van der Waals surface area contributed by atoms with Crippen LogP contribution in [0.3, 0.4) is 0 Å². The van der Waals surface area contributed by atoms with Gasteiger partial charge in [-0.1, -0.05) is 17.7 Å². The number of phenols is 2. The predicted octanol–water partition coefficient (Wildman–Crippen LogP) is 0.643. The summed E-state index contributed by atoms with van der Waals surface area (Å²) < 4.78 is 47.8. The first-order valence-corrected chi connectivity index (χ1v) is 15.9. The number of hydrogen-bond donors (Lipinski definition) is 7. The van der Waals surface area contributed by atoms with Gasteiger partial charge in [0, 0.05) is 37.9 Å². The lowest BCUT2D eigenvalue weighted by Gasteiger charge is -2.34. The van der Waals surface area contributed by atoms with E-state index in [4.69, 9.17) is 16.3 Å². The third-order valence-corrected chi connectivity index (χ3v) is 8.65. The number of urea groups is 1. The molecule has 0 bridgehead atoms. The Morgan fingerprint density at radius 3 is 2.47 bits per heavy atom. The number of benzene rings is 2. The summed E-state index contributed by atoms with van der Waals surface area (Å²) in [5, 5.41) is 46.1. The van der Waals surface area contributed by atoms with Crippen molar-refractivity contribution in [3.63, 3.8) is 0 Å². The first kappa shape index (κ1) is 38.2. The topological polar surface area (TPSA) is 248 Å². The number of carboxylic acids is 1. The van der Waals surface area contributed by atoms with Crippen LogP contribution >= 0.6 is 11.6 Å². The van der Waals surface area contributed by atoms with Crippen molar-refractivity contribution < 1.29 is 66.9 Å². The van der Waals surface area contributed by atoms with Crippen LogP contribution in [0.5, 0.6) is 17.2 Å². The van der Waals surface area contributed by atoms with Crippen LogP contribution in [0.4, 0.5) is 18.0 Å². The normalized spacial score (nSPS) is 16.0. The molecule has 2 atom stereocenters. The maximum absolute atomic E-state index is 14.6. The van der Waals surface area contributed by atoms with Gasteiger partial charge in [0.2, 0.25) is 5.91 Å². The number of aromatic carboxylic acids is 1. The number of hydrogen-bond acceptors (Lipinski definition) is 11. The summed E-state index contributed by atoms with van der Waals surface area (Å²) in [7, 11) is -1.99. The first-order chi connectivity index (χ1) is 25.1. The maximum Gasteiger partial charge on any atom is 0.547 e. The standard InChI is InChI=1S/C31H27BClF3N6O11/c33-21-15(11-17(35)23(43)24(21)44)22(27(46)39-19-10-13-2-3-16(34)20(30(49)50)25(13)53-32(19)52)40-31(51)42-9-8-41(28(47)29(42)48)7-1-5-38-26(45)14-4-6-37-12-18(14)36/h2-4,6,11-12,19,22,43-44,52H,1,5,7-10H2,(H,38,45)(H,39,46)(H,40,51)(H,49,50)/t19-,22?/m0/s1. The van der Waals surface area contributed by atoms with E-state index in [1.807, 2.05) is 0 Å². The molecule has 17 nitrogen and oxygen atoms in total. The molecule has 278 valence electrons. The van der Waals surface area contributed by atoms with Crippen molar-refractivity contribution in [2.75, 3.05) is 26.2 Å². The summed E-state index contributed by atoms with van der Waals surface area (Å²) in [4.78, 5) is 81.8. The summed E-state index contributed by atoms with van der Waals surface area (Å²) in [5.41, 5.74) is -1.71. The minimum Gasteiger partial charge on any atom is -0.534 e. The van der Waals surface area contributed by atoms with E-state index < -0.39 is 112 Å². The van der Waals surface area contributed by atoms with Gasteiger partial charge in [-0.2, -0.15) is 0 Å². The number of nitrogens with one attached hydrogen (secondary N) is 3. The van der Waals surface area contributed by atoms with Crippen molar-refractivity contribution in [1.82, 2.24) is 30.7 Å². The fourth-order valence-corrected chi connectivity index (χ4v) is 5.80. The largest absolute Gasteiger partial charge is 0.547 e. The molecule has 0 aliphatic carbocycles. The second kappa shape index (κ2) is 15.7. The minimum absolute atomic E-state index is 0.0136. The number of nitrogens with zero attached hydrogens (tertiary/aromatic N) is 3. The molecule has 0 radical (unpaired) electrons. The van der Waals surface area contributed by atoms with Crippen LogP contribution in [-0.4, -0.2) is 110 Å². The molecule has 6 amide bonds. The number of carbonyl (C=O) groups excluding carboxylic acids is 5. The van der Waals surface area contributed by atoms with Crippen molar-refractivity contribution in [3.8, 4) is 17.2 Å². The third-order valence-electron chi connectivity index (χ3n) is 8.25. The first-order valence-electron chi connectivity index (χ1n) is 15.5. The molecule has 1 saturated heterocycles. The molecule has 7 N–H and O–H groups in total. The van der Waals surface area contributed by atoms with E-state index in [0.717, 1.165) is 23.2 Å². The van der Waals surface area contributed by atoms with Crippen LogP contribution < -0.4 is 20.6 Å². The van der Waals surface area contributed by atoms with Gasteiger partial charge in [0.25, 0.3) is 5.91 Å². The molecule has 5 rings (SSSR count). The van der Waals surface area contributed by atoms with E-state index in [2.05, 4.69) is 20.9 Å². The van der Waals surface area contributed by atoms with Gasteiger partial charge in [-0.15, -0.1) is 0 Å². The minimum atomic E-state index is -2.08. The Labute approximate surface area is 301 Å². The number of amides is 6. The fraction of sp³-hybridized carbons (Fsp3) is 0.258. The molecule has 0 saturated carbocycles. The van der Waals surface area contributed by atoms with Gasteiger partial charge in [-0.3, -0.25) is 29.1 Å². The van der Waals surface area contributed by atoms with E-state index in [0.29, 0.717) is 11.0 Å².